The zero-order chi connectivity index (χ0) is 10.8. The van der Waals surface area contributed by atoms with Crippen LogP contribution in [0.1, 0.15) is 38.0 Å². The van der Waals surface area contributed by atoms with Crippen molar-refractivity contribution >= 4 is 17.0 Å². The molecule has 0 N–H and O–H groups in total. The predicted molar refractivity (Wildman–Crippen MR) is 65.0 cm³/mol. The number of allylic oxidation sites excluding steroid dienone is 1. The van der Waals surface area contributed by atoms with E-state index in [1.165, 1.54) is 10.9 Å². The Morgan fingerprint density at radius 2 is 1.93 bits per heavy atom. The van der Waals surface area contributed by atoms with Crippen molar-refractivity contribution in [1.82, 2.24) is 0 Å². The van der Waals surface area contributed by atoms with Gasteiger partial charge in [-0.25, -0.2) is 0 Å². The Balaban J connectivity index is 2.74. The summed E-state index contributed by atoms with van der Waals surface area (Å²) in [7, 11) is 0. The fourth-order valence-electron chi connectivity index (χ4n) is 1.85. The molecule has 2 rings (SSSR count). The van der Waals surface area contributed by atoms with Gasteiger partial charge < -0.3 is 4.42 Å². The van der Waals surface area contributed by atoms with E-state index in [1.807, 2.05) is 19.1 Å². The van der Waals surface area contributed by atoms with Crippen molar-refractivity contribution in [2.24, 2.45) is 0 Å². The van der Waals surface area contributed by atoms with Gasteiger partial charge in [0.05, 0.1) is 0 Å². The molecular weight excluding hydrogens is 184 g/mol. The monoisotopic (exact) mass is 200 g/mol. The second-order valence-electron chi connectivity index (χ2n) is 4.03. The molecule has 0 bridgehead atoms. The van der Waals surface area contributed by atoms with E-state index in [9.17, 15) is 0 Å². The standard InChI is InChI=1S/C14H16O/c1-4-7-12-11-8-5-6-9-13(11)15-14(12)10(2)3/h4-10H,1-3H3/b7-4-. The molecule has 1 nitrogen and oxygen atoms in total. The number of para-hydroxylation sites is 1. The number of fused-ring (bicyclic) bond motifs is 1. The Morgan fingerprint density at radius 1 is 1.20 bits per heavy atom. The van der Waals surface area contributed by atoms with Crippen LogP contribution in [0, 0.1) is 0 Å². The zero-order valence-electron chi connectivity index (χ0n) is 9.45. The maximum atomic E-state index is 5.86. The van der Waals surface area contributed by atoms with Crippen LogP contribution in [0.25, 0.3) is 17.0 Å². The van der Waals surface area contributed by atoms with Crippen LogP contribution in [-0.2, 0) is 0 Å². The average molecular weight is 200 g/mol. The quantitative estimate of drug-likeness (QED) is 0.691. The molecule has 1 aromatic carbocycles. The summed E-state index contributed by atoms with van der Waals surface area (Å²) in [4.78, 5) is 0. The van der Waals surface area contributed by atoms with Crippen LogP contribution in [0.15, 0.2) is 34.8 Å². The molecule has 1 heterocycles. The molecule has 0 spiro atoms. The van der Waals surface area contributed by atoms with Gasteiger partial charge in [-0.05, 0) is 13.0 Å². The predicted octanol–water partition coefficient (Wildman–Crippen LogP) is 4.59. The van der Waals surface area contributed by atoms with Gasteiger partial charge in [0.2, 0.25) is 0 Å². The van der Waals surface area contributed by atoms with Crippen molar-refractivity contribution in [3.05, 3.63) is 41.7 Å². The molecule has 2 aromatic rings. The molecule has 0 atom stereocenters. The molecule has 0 aliphatic rings. The Morgan fingerprint density at radius 3 is 2.60 bits per heavy atom. The molecule has 0 aliphatic heterocycles. The van der Waals surface area contributed by atoms with Gasteiger partial charge in [0.25, 0.3) is 0 Å². The van der Waals surface area contributed by atoms with E-state index in [0.29, 0.717) is 5.92 Å². The first kappa shape index (κ1) is 10.0. The lowest BCUT2D eigenvalue weighted by Gasteiger charge is -2.01. The Kier molecular flexibility index (Phi) is 2.63. The molecule has 1 aromatic heterocycles. The first-order valence-electron chi connectivity index (χ1n) is 5.38. The number of hydrogen-bond acceptors (Lipinski definition) is 1. The van der Waals surface area contributed by atoms with E-state index in [2.05, 4.69) is 38.1 Å². The Hall–Kier alpha value is -1.50. The summed E-state index contributed by atoms with van der Waals surface area (Å²) in [6.07, 6.45) is 4.18. The zero-order valence-corrected chi connectivity index (χ0v) is 9.45. The van der Waals surface area contributed by atoms with Crippen molar-refractivity contribution in [2.75, 3.05) is 0 Å². The highest BCUT2D eigenvalue weighted by atomic mass is 16.3. The van der Waals surface area contributed by atoms with Gasteiger partial charge in [-0.3, -0.25) is 0 Å². The fraction of sp³-hybridized carbons (Fsp3) is 0.286. The lowest BCUT2D eigenvalue weighted by Crippen LogP contribution is -1.85. The van der Waals surface area contributed by atoms with Crippen molar-refractivity contribution in [1.29, 1.82) is 0 Å². The molecule has 0 aliphatic carbocycles. The minimum atomic E-state index is 0.420. The summed E-state index contributed by atoms with van der Waals surface area (Å²) in [5.74, 6) is 1.50. The molecule has 0 saturated heterocycles. The van der Waals surface area contributed by atoms with E-state index in [-0.39, 0.29) is 0 Å². The number of furan rings is 1. The summed E-state index contributed by atoms with van der Waals surface area (Å²) < 4.78 is 5.86. The van der Waals surface area contributed by atoms with Crippen molar-refractivity contribution in [2.45, 2.75) is 26.7 Å². The van der Waals surface area contributed by atoms with Gasteiger partial charge in [-0.2, -0.15) is 0 Å². The lowest BCUT2D eigenvalue weighted by atomic mass is 10.0. The third-order valence-electron chi connectivity index (χ3n) is 2.52. The molecule has 78 valence electrons. The van der Waals surface area contributed by atoms with Gasteiger partial charge >= 0.3 is 0 Å². The minimum Gasteiger partial charge on any atom is -0.460 e. The maximum Gasteiger partial charge on any atom is 0.134 e. The topological polar surface area (TPSA) is 13.1 Å². The number of benzene rings is 1. The normalized spacial score (nSPS) is 12.0. The number of hydrogen-bond donors (Lipinski definition) is 0. The van der Waals surface area contributed by atoms with Crippen LogP contribution in [0.4, 0.5) is 0 Å². The van der Waals surface area contributed by atoms with Crippen molar-refractivity contribution in [3.8, 4) is 0 Å². The maximum absolute atomic E-state index is 5.86. The second kappa shape index (κ2) is 3.93. The van der Waals surface area contributed by atoms with Crippen LogP contribution < -0.4 is 0 Å². The van der Waals surface area contributed by atoms with Crippen LogP contribution in [0.2, 0.25) is 0 Å². The second-order valence-corrected chi connectivity index (χ2v) is 4.03. The van der Waals surface area contributed by atoms with Gasteiger partial charge in [-0.1, -0.05) is 44.2 Å². The number of rotatable bonds is 2. The lowest BCUT2D eigenvalue weighted by molar-refractivity contribution is 0.520. The van der Waals surface area contributed by atoms with Gasteiger partial charge in [-0.15, -0.1) is 0 Å². The third kappa shape index (κ3) is 1.70. The highest BCUT2D eigenvalue weighted by Gasteiger charge is 2.13. The van der Waals surface area contributed by atoms with Gasteiger partial charge in [0.1, 0.15) is 11.3 Å². The summed E-state index contributed by atoms with van der Waals surface area (Å²) in [6.45, 7) is 6.35. The summed E-state index contributed by atoms with van der Waals surface area (Å²) in [6, 6.07) is 8.19. The van der Waals surface area contributed by atoms with E-state index >= 15 is 0 Å². The van der Waals surface area contributed by atoms with E-state index in [4.69, 9.17) is 4.42 Å². The van der Waals surface area contributed by atoms with Crippen LogP contribution in [0.3, 0.4) is 0 Å². The highest BCUT2D eigenvalue weighted by molar-refractivity contribution is 5.88. The van der Waals surface area contributed by atoms with Crippen molar-refractivity contribution < 1.29 is 4.42 Å². The van der Waals surface area contributed by atoms with E-state index < -0.39 is 0 Å². The van der Waals surface area contributed by atoms with Gasteiger partial charge in [0, 0.05) is 16.9 Å². The molecule has 15 heavy (non-hydrogen) atoms. The smallest absolute Gasteiger partial charge is 0.134 e. The highest BCUT2D eigenvalue weighted by Crippen LogP contribution is 2.31. The summed E-state index contributed by atoms with van der Waals surface area (Å²) in [5.41, 5.74) is 2.21. The summed E-state index contributed by atoms with van der Waals surface area (Å²) in [5, 5.41) is 1.21. The molecule has 0 amide bonds. The fourth-order valence-corrected chi connectivity index (χ4v) is 1.85. The van der Waals surface area contributed by atoms with Crippen molar-refractivity contribution in [3.63, 3.8) is 0 Å². The van der Waals surface area contributed by atoms with Crippen LogP contribution in [0.5, 0.6) is 0 Å². The molecule has 0 unspecified atom stereocenters. The Bertz CT molecular complexity index is 489. The molecule has 1 heteroatoms. The first-order valence-corrected chi connectivity index (χ1v) is 5.38. The minimum absolute atomic E-state index is 0.420. The van der Waals surface area contributed by atoms with Crippen LogP contribution >= 0.6 is 0 Å². The molecule has 0 fully saturated rings. The molecule has 0 saturated carbocycles. The van der Waals surface area contributed by atoms with Gasteiger partial charge in [0.15, 0.2) is 0 Å². The van der Waals surface area contributed by atoms with Crippen LogP contribution in [-0.4, -0.2) is 0 Å². The molecule has 0 radical (unpaired) electrons. The largest absolute Gasteiger partial charge is 0.460 e. The first-order chi connectivity index (χ1) is 7.24. The summed E-state index contributed by atoms with van der Waals surface area (Å²) >= 11 is 0. The SMILES string of the molecule is C/C=C\c1c(C(C)C)oc2ccccc12. The van der Waals surface area contributed by atoms with E-state index in [1.54, 1.807) is 0 Å². The Labute approximate surface area is 90.4 Å². The third-order valence-corrected chi connectivity index (χ3v) is 2.52. The van der Waals surface area contributed by atoms with E-state index in [0.717, 1.165) is 11.3 Å². The molecular formula is C14H16O. The average Bonchev–Trinajstić information content (AvgIpc) is 2.58.